The Balaban J connectivity index is 1.92. The van der Waals surface area contributed by atoms with Crippen LogP contribution in [0.1, 0.15) is 27.2 Å². The average Bonchev–Trinajstić information content (AvgIpc) is 2.79. The maximum atomic E-state index is 13.6. The van der Waals surface area contributed by atoms with Crippen LogP contribution in [0.25, 0.3) is 16.9 Å². The molecule has 0 saturated carbocycles. The number of aromatic nitrogens is 4. The van der Waals surface area contributed by atoms with Crippen molar-refractivity contribution in [3.63, 3.8) is 0 Å². The molecule has 4 heterocycles. The third-order valence-electron chi connectivity index (χ3n) is 5.13. The van der Waals surface area contributed by atoms with E-state index in [1.54, 1.807) is 0 Å². The molecule has 0 spiro atoms. The number of carboxylic acid groups (broad SMARTS) is 1. The van der Waals surface area contributed by atoms with Crippen LogP contribution in [0.15, 0.2) is 52.3 Å². The van der Waals surface area contributed by atoms with Gasteiger partial charge in [-0.15, -0.1) is 0 Å². The number of H-pyrrole nitrogens is 1. The van der Waals surface area contributed by atoms with Gasteiger partial charge in [0.25, 0.3) is 5.56 Å². The molecule has 0 radical (unpaired) electrons. The predicted molar refractivity (Wildman–Crippen MR) is 121 cm³/mol. The fourth-order valence-corrected chi connectivity index (χ4v) is 3.63. The first-order valence-corrected chi connectivity index (χ1v) is 10.3. The van der Waals surface area contributed by atoms with E-state index in [9.17, 15) is 32.7 Å². The van der Waals surface area contributed by atoms with Crippen LogP contribution in [0.3, 0.4) is 0 Å². The number of hydrogen-bond acceptors (Lipinski definition) is 6. The Bertz CT molecular complexity index is 1600. The predicted octanol–water partition coefficient (Wildman–Crippen LogP) is 3.74. The molecule has 0 saturated heterocycles. The molecule has 0 atom stereocenters. The Kier molecular flexibility index (Phi) is 6.07. The summed E-state index contributed by atoms with van der Waals surface area (Å²) in [6.07, 6.45) is -2.76. The van der Waals surface area contributed by atoms with E-state index in [0.717, 1.165) is 10.5 Å². The van der Waals surface area contributed by atoms with Crippen LogP contribution in [0.4, 0.5) is 18.9 Å². The number of hydrogen-bond donors (Lipinski definition) is 3. The fraction of sp³-hybridized carbons (Fsp3) is 0.136. The summed E-state index contributed by atoms with van der Waals surface area (Å²) >= 11 is 5.75. The van der Waals surface area contributed by atoms with E-state index in [1.165, 1.54) is 37.4 Å². The van der Waals surface area contributed by atoms with Crippen LogP contribution in [-0.2, 0) is 12.7 Å². The summed E-state index contributed by atoms with van der Waals surface area (Å²) < 4.78 is 41.6. The molecule has 35 heavy (non-hydrogen) atoms. The van der Waals surface area contributed by atoms with Gasteiger partial charge in [0.1, 0.15) is 10.8 Å². The molecule has 0 amide bonds. The molecule has 4 rings (SSSR count). The van der Waals surface area contributed by atoms with Gasteiger partial charge in [-0.25, -0.2) is 14.8 Å². The lowest BCUT2D eigenvalue weighted by Crippen LogP contribution is -2.23. The van der Waals surface area contributed by atoms with Gasteiger partial charge < -0.3 is 15.4 Å². The molecule has 0 unspecified atom stereocenters. The lowest BCUT2D eigenvalue weighted by molar-refractivity contribution is -0.137. The van der Waals surface area contributed by atoms with Crippen LogP contribution in [-0.4, -0.2) is 30.4 Å². The van der Waals surface area contributed by atoms with Crippen molar-refractivity contribution in [1.82, 2.24) is 19.4 Å². The molecule has 4 aromatic heterocycles. The number of pyridine rings is 3. The second kappa shape index (κ2) is 8.87. The van der Waals surface area contributed by atoms with Gasteiger partial charge in [0, 0.05) is 41.7 Å². The minimum Gasteiger partial charge on any atom is -0.476 e. The van der Waals surface area contributed by atoms with Crippen LogP contribution in [0.2, 0.25) is 5.15 Å². The smallest absolute Gasteiger partial charge is 0.417 e. The molecule has 0 bridgehead atoms. The van der Waals surface area contributed by atoms with Crippen LogP contribution in [0.5, 0.6) is 0 Å². The molecule has 0 fully saturated rings. The maximum Gasteiger partial charge on any atom is 0.417 e. The number of nitrogens with one attached hydrogen (secondary N) is 2. The number of alkyl halides is 3. The molecule has 0 aliphatic carbocycles. The second-order valence-corrected chi connectivity index (χ2v) is 7.85. The monoisotopic (exact) mass is 505 g/mol. The zero-order valence-corrected chi connectivity index (χ0v) is 18.5. The van der Waals surface area contributed by atoms with E-state index >= 15 is 0 Å². The van der Waals surface area contributed by atoms with Crippen molar-refractivity contribution in [1.29, 1.82) is 0 Å². The van der Waals surface area contributed by atoms with Gasteiger partial charge >= 0.3 is 12.1 Å². The average molecular weight is 506 g/mol. The van der Waals surface area contributed by atoms with Crippen molar-refractivity contribution < 1.29 is 23.1 Å². The summed E-state index contributed by atoms with van der Waals surface area (Å²) in [6.45, 7) is 1.07. The van der Waals surface area contributed by atoms with Gasteiger partial charge in [0.15, 0.2) is 5.69 Å². The zero-order chi connectivity index (χ0) is 25.5. The third-order valence-corrected chi connectivity index (χ3v) is 5.35. The Morgan fingerprint density at radius 3 is 2.60 bits per heavy atom. The summed E-state index contributed by atoms with van der Waals surface area (Å²) in [5.74, 6) is -1.40. The minimum atomic E-state index is -4.77. The zero-order valence-electron chi connectivity index (χ0n) is 17.8. The fourth-order valence-electron chi connectivity index (χ4n) is 3.49. The van der Waals surface area contributed by atoms with Crippen molar-refractivity contribution in [2.45, 2.75) is 19.6 Å². The van der Waals surface area contributed by atoms with Crippen molar-refractivity contribution in [2.24, 2.45) is 0 Å². The van der Waals surface area contributed by atoms with E-state index in [-0.39, 0.29) is 39.9 Å². The van der Waals surface area contributed by atoms with Crippen LogP contribution in [0, 0.1) is 6.92 Å². The van der Waals surface area contributed by atoms with Gasteiger partial charge in [-0.1, -0.05) is 11.6 Å². The molecule has 0 aliphatic heterocycles. The molecular weight excluding hydrogens is 491 g/mol. The number of carboxylic acids is 1. The SMILES string of the molecule is Cc1c(-c2cc[nH]c(=O)c2)nc2c(CNc3ccc(Cl)nc3C(=O)O)cc(C(F)(F)F)cn2c1=O. The highest BCUT2D eigenvalue weighted by atomic mass is 35.5. The Morgan fingerprint density at radius 1 is 1.20 bits per heavy atom. The lowest BCUT2D eigenvalue weighted by atomic mass is 10.1. The number of aromatic carboxylic acids is 1. The lowest BCUT2D eigenvalue weighted by Gasteiger charge is -2.16. The molecular formula is C22H15ClF3N5O4. The highest BCUT2D eigenvalue weighted by molar-refractivity contribution is 6.29. The summed E-state index contributed by atoms with van der Waals surface area (Å²) in [5, 5.41) is 12.0. The first-order valence-electron chi connectivity index (χ1n) is 9.91. The van der Waals surface area contributed by atoms with E-state index in [1.807, 2.05) is 0 Å². The van der Waals surface area contributed by atoms with Gasteiger partial charge in [-0.3, -0.25) is 14.0 Å². The van der Waals surface area contributed by atoms with Gasteiger partial charge in [-0.05, 0) is 31.2 Å². The standard InChI is InChI=1S/C22H15ClF3N5O4/c1-10-17(11-4-5-27-16(32)7-11)30-19-12(6-13(22(24,25)26)9-31(19)20(10)33)8-28-14-2-3-15(23)29-18(14)21(34)35/h2-7,9,28H,8H2,1H3,(H,27,32)(H,34,35). The molecule has 180 valence electrons. The van der Waals surface area contributed by atoms with E-state index in [4.69, 9.17) is 11.6 Å². The molecule has 9 nitrogen and oxygen atoms in total. The Morgan fingerprint density at radius 2 is 1.94 bits per heavy atom. The second-order valence-electron chi connectivity index (χ2n) is 7.47. The number of nitrogens with zero attached hydrogens (tertiary/aromatic N) is 3. The van der Waals surface area contributed by atoms with Crippen LogP contribution >= 0.6 is 11.6 Å². The molecule has 0 aromatic carbocycles. The Labute approximate surface area is 198 Å². The molecule has 0 aliphatic rings. The first-order chi connectivity index (χ1) is 16.5. The molecule has 13 heteroatoms. The summed E-state index contributed by atoms with van der Waals surface area (Å²) in [6, 6.07) is 6.17. The third kappa shape index (κ3) is 4.73. The number of aromatic amines is 1. The van der Waals surface area contributed by atoms with Gasteiger partial charge in [-0.2, -0.15) is 13.2 Å². The minimum absolute atomic E-state index is 0.00161. The quantitative estimate of drug-likeness (QED) is 0.352. The van der Waals surface area contributed by atoms with E-state index in [0.29, 0.717) is 11.8 Å². The number of anilines is 1. The molecule has 3 N–H and O–H groups in total. The van der Waals surface area contributed by atoms with Crippen molar-refractivity contribution in [2.75, 3.05) is 5.32 Å². The van der Waals surface area contributed by atoms with Gasteiger partial charge in [0.2, 0.25) is 5.56 Å². The highest BCUT2D eigenvalue weighted by Gasteiger charge is 2.32. The van der Waals surface area contributed by atoms with Crippen molar-refractivity contribution >= 4 is 28.9 Å². The number of carbonyl (C=O) groups is 1. The van der Waals surface area contributed by atoms with Crippen molar-refractivity contribution in [3.8, 4) is 11.3 Å². The summed E-state index contributed by atoms with van der Waals surface area (Å²) in [7, 11) is 0. The Hall–Kier alpha value is -4.19. The van der Waals surface area contributed by atoms with Crippen LogP contribution < -0.4 is 16.4 Å². The first kappa shape index (κ1) is 24.0. The maximum absolute atomic E-state index is 13.6. The van der Waals surface area contributed by atoms with Gasteiger partial charge in [0.05, 0.1) is 16.9 Å². The number of fused-ring (bicyclic) bond motifs is 1. The topological polar surface area (TPSA) is 129 Å². The highest BCUT2D eigenvalue weighted by Crippen LogP contribution is 2.31. The number of halogens is 4. The number of rotatable bonds is 5. The molecule has 4 aromatic rings. The van der Waals surface area contributed by atoms with Crippen molar-refractivity contribution in [3.05, 3.63) is 91.0 Å². The summed E-state index contributed by atoms with van der Waals surface area (Å²) in [4.78, 5) is 46.8. The van der Waals surface area contributed by atoms with E-state index < -0.39 is 34.5 Å². The summed E-state index contributed by atoms with van der Waals surface area (Å²) in [5.41, 5.74) is -2.40. The van der Waals surface area contributed by atoms with E-state index in [2.05, 4.69) is 20.3 Å². The largest absolute Gasteiger partial charge is 0.476 e. The normalized spacial score (nSPS) is 11.6.